The maximum Gasteiger partial charge on any atom is 0.434 e. The summed E-state index contributed by atoms with van der Waals surface area (Å²) in [5.74, 6) is -0.273. The van der Waals surface area contributed by atoms with Gasteiger partial charge in [-0.05, 0) is 87.0 Å². The predicted octanol–water partition coefficient (Wildman–Crippen LogP) is 5.15. The molecule has 4 rings (SSSR count). The number of rotatable bonds is 6. The van der Waals surface area contributed by atoms with E-state index < -0.39 is 48.0 Å². The van der Waals surface area contributed by atoms with Crippen molar-refractivity contribution in [2.45, 2.75) is 76.1 Å². The van der Waals surface area contributed by atoms with E-state index in [2.05, 4.69) is 4.74 Å². The number of carbonyl (C=O) groups excluding carboxylic acids is 1. The van der Waals surface area contributed by atoms with Crippen molar-refractivity contribution in [3.8, 4) is 0 Å². The first kappa shape index (κ1) is 33.6. The van der Waals surface area contributed by atoms with Crippen LogP contribution in [0, 0.1) is 11.3 Å². The number of carbonyl (C=O) groups is 1. The van der Waals surface area contributed by atoms with Crippen molar-refractivity contribution in [1.82, 2.24) is 14.7 Å². The van der Waals surface area contributed by atoms with E-state index in [0.717, 1.165) is 17.0 Å². The SMILES string of the molecule is O=C(OC(C(F)(F)F)C(F)(F)F)N1CCC2(CCN(Cc3cc(CN4CCC(C(O)O)CC4)cc(C(F)(F)F)c3)CC2)C1. The zero-order valence-corrected chi connectivity index (χ0v) is 23.1. The number of nitrogens with zero attached hydrogens (tertiary/aromatic N) is 3. The molecule has 3 fully saturated rings. The first-order chi connectivity index (χ1) is 19.8. The molecule has 3 heterocycles. The number of aliphatic hydroxyl groups excluding tert-OH is 1. The van der Waals surface area contributed by atoms with Crippen molar-refractivity contribution < 1.29 is 59.3 Å². The van der Waals surface area contributed by atoms with E-state index in [4.69, 9.17) is 0 Å². The first-order valence-electron chi connectivity index (χ1n) is 13.9. The standard InChI is InChI=1S/C27H34F9N3O4/c28-25(29,30)20-12-17(14-37-6-1-19(2-7-37)21(40)41)11-18(13-20)15-38-8-3-24(4-9-38)5-10-39(16-24)23(42)43-22(26(31,32)33)27(34,35)36/h11-13,19,21-22,40-41H,1-10,14-16H2. The van der Waals surface area contributed by atoms with E-state index in [1.54, 1.807) is 6.07 Å². The largest absolute Gasteiger partial charge is 0.434 e. The third-order valence-electron chi connectivity index (χ3n) is 8.67. The van der Waals surface area contributed by atoms with E-state index in [-0.39, 0.29) is 32.1 Å². The fourth-order valence-electron chi connectivity index (χ4n) is 6.21. The van der Waals surface area contributed by atoms with Gasteiger partial charge in [0.25, 0.3) is 6.10 Å². The van der Waals surface area contributed by atoms with Gasteiger partial charge in [0, 0.05) is 32.1 Å². The van der Waals surface area contributed by atoms with Gasteiger partial charge in [-0.1, -0.05) is 6.07 Å². The third-order valence-corrected chi connectivity index (χ3v) is 8.67. The third kappa shape index (κ3) is 8.66. The Labute approximate surface area is 242 Å². The van der Waals surface area contributed by atoms with Gasteiger partial charge in [-0.15, -0.1) is 0 Å². The smallest absolute Gasteiger partial charge is 0.426 e. The molecule has 0 bridgehead atoms. The molecule has 0 unspecified atom stereocenters. The molecule has 0 aromatic heterocycles. The highest BCUT2D eigenvalue weighted by atomic mass is 19.4. The summed E-state index contributed by atoms with van der Waals surface area (Å²) in [5, 5.41) is 18.7. The van der Waals surface area contributed by atoms with Crippen LogP contribution in [0.4, 0.5) is 44.3 Å². The van der Waals surface area contributed by atoms with E-state index in [0.29, 0.717) is 69.4 Å². The lowest BCUT2D eigenvalue weighted by Gasteiger charge is -2.39. The molecule has 3 saturated heterocycles. The quantitative estimate of drug-likeness (QED) is 0.333. The average Bonchev–Trinajstić information content (AvgIpc) is 3.31. The Morgan fingerprint density at radius 3 is 1.77 bits per heavy atom. The molecule has 1 aromatic rings. The molecule has 3 aliphatic heterocycles. The molecule has 1 spiro atoms. The fraction of sp³-hybridized carbons (Fsp3) is 0.741. The van der Waals surface area contributed by atoms with E-state index in [1.165, 1.54) is 0 Å². The van der Waals surface area contributed by atoms with Crippen LogP contribution >= 0.6 is 0 Å². The Kier molecular flexibility index (Phi) is 9.84. The average molecular weight is 636 g/mol. The topological polar surface area (TPSA) is 76.5 Å². The van der Waals surface area contributed by atoms with E-state index in [1.807, 2.05) is 9.80 Å². The summed E-state index contributed by atoms with van der Waals surface area (Å²) in [6, 6.07) is 3.90. The van der Waals surface area contributed by atoms with Gasteiger partial charge in [0.05, 0.1) is 5.56 Å². The zero-order valence-electron chi connectivity index (χ0n) is 23.1. The van der Waals surface area contributed by atoms with Gasteiger partial charge in [-0.3, -0.25) is 9.80 Å². The summed E-state index contributed by atoms with van der Waals surface area (Å²) in [4.78, 5) is 16.9. The molecule has 3 aliphatic rings. The van der Waals surface area contributed by atoms with Crippen LogP contribution in [0.1, 0.15) is 48.8 Å². The Morgan fingerprint density at radius 1 is 0.814 bits per heavy atom. The Balaban J connectivity index is 1.35. The van der Waals surface area contributed by atoms with Gasteiger partial charge in [-0.25, -0.2) is 4.79 Å². The van der Waals surface area contributed by atoms with Gasteiger partial charge < -0.3 is 19.8 Å². The van der Waals surface area contributed by atoms with Crippen LogP contribution in [0.3, 0.4) is 0 Å². The first-order valence-corrected chi connectivity index (χ1v) is 13.9. The lowest BCUT2D eigenvalue weighted by molar-refractivity contribution is -0.308. The fourth-order valence-corrected chi connectivity index (χ4v) is 6.21. The summed E-state index contributed by atoms with van der Waals surface area (Å²) in [7, 11) is 0. The summed E-state index contributed by atoms with van der Waals surface area (Å²) in [6.07, 6.45) is -21.2. The maximum absolute atomic E-state index is 13.7. The van der Waals surface area contributed by atoms with Crippen LogP contribution in [0.25, 0.3) is 0 Å². The molecule has 2 N–H and O–H groups in total. The molecule has 1 amide bonds. The molecule has 0 aliphatic carbocycles. The number of piperidine rings is 2. The van der Waals surface area contributed by atoms with Crippen LogP contribution in [0.5, 0.6) is 0 Å². The normalized spacial score (nSPS) is 21.4. The summed E-state index contributed by atoms with van der Waals surface area (Å²) < 4.78 is 122. The molecule has 7 nitrogen and oxygen atoms in total. The van der Waals surface area contributed by atoms with Gasteiger partial charge in [0.15, 0.2) is 6.29 Å². The summed E-state index contributed by atoms with van der Waals surface area (Å²) in [5.41, 5.74) is -0.393. The second-order valence-electron chi connectivity index (χ2n) is 11.9. The molecular formula is C27H34F9N3O4. The van der Waals surface area contributed by atoms with Gasteiger partial charge >= 0.3 is 24.6 Å². The highest BCUT2D eigenvalue weighted by Crippen LogP contribution is 2.42. The monoisotopic (exact) mass is 635 g/mol. The molecule has 16 heteroatoms. The number of hydrogen-bond acceptors (Lipinski definition) is 6. The van der Waals surface area contributed by atoms with Crippen LogP contribution in [0.2, 0.25) is 0 Å². The number of alkyl halides is 9. The van der Waals surface area contributed by atoms with Crippen LogP contribution in [-0.4, -0.2) is 95.0 Å². The molecule has 0 saturated carbocycles. The van der Waals surface area contributed by atoms with Crippen molar-refractivity contribution in [3.05, 3.63) is 34.9 Å². The Morgan fingerprint density at radius 2 is 1.30 bits per heavy atom. The maximum atomic E-state index is 13.7. The lowest BCUT2D eigenvalue weighted by atomic mass is 9.77. The minimum Gasteiger partial charge on any atom is -0.426 e. The number of halogens is 9. The van der Waals surface area contributed by atoms with Gasteiger partial charge in [0.1, 0.15) is 0 Å². The highest BCUT2D eigenvalue weighted by molar-refractivity contribution is 5.68. The minimum absolute atomic E-state index is 0.0627. The zero-order chi connectivity index (χ0) is 31.8. The second-order valence-corrected chi connectivity index (χ2v) is 11.9. The van der Waals surface area contributed by atoms with Crippen molar-refractivity contribution in [1.29, 1.82) is 0 Å². The number of likely N-dealkylation sites (tertiary alicyclic amines) is 3. The summed E-state index contributed by atoms with van der Waals surface area (Å²) >= 11 is 0. The molecule has 0 atom stereocenters. The van der Waals surface area contributed by atoms with E-state index in [9.17, 15) is 54.5 Å². The Bertz CT molecular complexity index is 1100. The van der Waals surface area contributed by atoms with Crippen LogP contribution < -0.4 is 0 Å². The molecule has 1 aromatic carbocycles. The van der Waals surface area contributed by atoms with Gasteiger partial charge in [-0.2, -0.15) is 39.5 Å². The van der Waals surface area contributed by atoms with Crippen LogP contribution in [-0.2, 0) is 24.0 Å². The van der Waals surface area contributed by atoms with Crippen molar-refractivity contribution in [2.24, 2.45) is 11.3 Å². The summed E-state index contributed by atoms with van der Waals surface area (Å²) in [6.45, 7) is 2.20. The predicted molar refractivity (Wildman–Crippen MR) is 133 cm³/mol. The second kappa shape index (κ2) is 12.6. The van der Waals surface area contributed by atoms with Crippen molar-refractivity contribution in [3.63, 3.8) is 0 Å². The van der Waals surface area contributed by atoms with E-state index >= 15 is 0 Å². The molecular weight excluding hydrogens is 601 g/mol. The van der Waals surface area contributed by atoms with Gasteiger partial charge in [0.2, 0.25) is 0 Å². The van der Waals surface area contributed by atoms with Crippen LogP contribution in [0.15, 0.2) is 18.2 Å². The lowest BCUT2D eigenvalue weighted by Crippen LogP contribution is -2.48. The molecule has 244 valence electrons. The van der Waals surface area contributed by atoms with Crippen molar-refractivity contribution >= 4 is 6.09 Å². The number of benzene rings is 1. The molecule has 0 radical (unpaired) electrons. The minimum atomic E-state index is -5.81. The van der Waals surface area contributed by atoms with Crippen molar-refractivity contribution in [2.75, 3.05) is 39.3 Å². The number of hydrogen-bond donors (Lipinski definition) is 2. The number of amides is 1. The Hall–Kier alpha value is -2.30. The molecule has 43 heavy (non-hydrogen) atoms. The number of ether oxygens (including phenoxy) is 1. The number of aliphatic hydroxyl groups is 2. The highest BCUT2D eigenvalue weighted by Gasteiger charge is 2.60.